The number of nitrogens with zero attached hydrogens (tertiary/aromatic N) is 2. The Balaban J connectivity index is 1.78. The van der Waals surface area contributed by atoms with Gasteiger partial charge in [0.05, 0.1) is 12.2 Å². The maximum Gasteiger partial charge on any atom is 0.201 e. The predicted octanol–water partition coefficient (Wildman–Crippen LogP) is 8.84. The van der Waals surface area contributed by atoms with E-state index in [0.29, 0.717) is 6.61 Å². The largest absolute Gasteiger partial charge is 0.490 e. The van der Waals surface area contributed by atoms with Gasteiger partial charge in [0, 0.05) is 12.4 Å². The summed E-state index contributed by atoms with van der Waals surface area (Å²) in [4.78, 5) is 8.56. The van der Waals surface area contributed by atoms with Crippen molar-refractivity contribution in [1.29, 1.82) is 0 Å². The average molecular weight is 461 g/mol. The summed E-state index contributed by atoms with van der Waals surface area (Å²) in [5.74, 6) is -1.76. The van der Waals surface area contributed by atoms with E-state index < -0.39 is 11.6 Å². The molecule has 1 aromatic carbocycles. The van der Waals surface area contributed by atoms with Crippen LogP contribution >= 0.6 is 0 Å². The summed E-state index contributed by atoms with van der Waals surface area (Å²) < 4.78 is 34.6. The minimum atomic E-state index is -0.966. The van der Waals surface area contributed by atoms with Gasteiger partial charge in [0.2, 0.25) is 5.82 Å². The maximum absolute atomic E-state index is 14.6. The van der Waals surface area contributed by atoms with Crippen LogP contribution in [0.15, 0.2) is 24.5 Å². The molecule has 0 aliphatic heterocycles. The van der Waals surface area contributed by atoms with Crippen LogP contribution in [0.1, 0.15) is 109 Å². The quantitative estimate of drug-likeness (QED) is 0.208. The van der Waals surface area contributed by atoms with E-state index in [1.807, 2.05) is 0 Å². The summed E-state index contributed by atoms with van der Waals surface area (Å²) in [7, 11) is 0. The molecule has 3 nitrogen and oxygen atoms in total. The fraction of sp³-hybridized carbons (Fsp3) is 0.643. The third-order valence-electron chi connectivity index (χ3n) is 6.07. The molecule has 5 heteroatoms. The second kappa shape index (κ2) is 16.6. The highest BCUT2D eigenvalue weighted by atomic mass is 19.2. The monoisotopic (exact) mass is 460 g/mol. The lowest BCUT2D eigenvalue weighted by Gasteiger charge is -2.10. The zero-order valence-electron chi connectivity index (χ0n) is 20.7. The minimum Gasteiger partial charge on any atom is -0.490 e. The Labute approximate surface area is 199 Å². The highest BCUT2D eigenvalue weighted by molar-refractivity contribution is 5.57. The summed E-state index contributed by atoms with van der Waals surface area (Å²) in [6.07, 6.45) is 21.2. The van der Waals surface area contributed by atoms with Crippen LogP contribution in [0, 0.1) is 11.6 Å². The fourth-order valence-corrected chi connectivity index (χ4v) is 3.97. The Morgan fingerprint density at radius 2 is 1.21 bits per heavy atom. The van der Waals surface area contributed by atoms with Gasteiger partial charge in [-0.3, -0.25) is 0 Å². The average Bonchev–Trinajstić information content (AvgIpc) is 2.83. The van der Waals surface area contributed by atoms with Gasteiger partial charge in [-0.05, 0) is 37.0 Å². The van der Waals surface area contributed by atoms with Crippen molar-refractivity contribution in [2.45, 2.75) is 110 Å². The van der Waals surface area contributed by atoms with Crippen LogP contribution in [-0.2, 0) is 6.42 Å². The van der Waals surface area contributed by atoms with E-state index in [2.05, 4.69) is 23.8 Å². The van der Waals surface area contributed by atoms with E-state index in [1.54, 1.807) is 12.4 Å². The third-order valence-corrected chi connectivity index (χ3v) is 6.07. The number of rotatable bonds is 18. The normalized spacial score (nSPS) is 11.2. The van der Waals surface area contributed by atoms with E-state index in [4.69, 9.17) is 4.74 Å². The zero-order chi connectivity index (χ0) is 23.7. The molecule has 184 valence electrons. The molecule has 0 radical (unpaired) electrons. The molecule has 0 aliphatic rings. The number of halogens is 2. The van der Waals surface area contributed by atoms with Crippen LogP contribution < -0.4 is 4.74 Å². The number of hydrogen-bond donors (Lipinski definition) is 0. The van der Waals surface area contributed by atoms with E-state index in [9.17, 15) is 8.78 Å². The number of benzene rings is 1. The molecule has 0 unspecified atom stereocenters. The first kappa shape index (κ1) is 27.2. The highest BCUT2D eigenvalue weighted by Crippen LogP contribution is 2.28. The van der Waals surface area contributed by atoms with Crippen LogP contribution in [0.5, 0.6) is 5.75 Å². The van der Waals surface area contributed by atoms with Crippen LogP contribution in [0.25, 0.3) is 11.4 Å². The highest BCUT2D eigenvalue weighted by Gasteiger charge is 2.17. The number of hydrogen-bond acceptors (Lipinski definition) is 3. The first-order chi connectivity index (χ1) is 16.2. The van der Waals surface area contributed by atoms with Crippen molar-refractivity contribution in [1.82, 2.24) is 9.97 Å². The van der Waals surface area contributed by atoms with Crippen LogP contribution in [0.4, 0.5) is 8.78 Å². The molecule has 0 fully saturated rings. The molecule has 2 rings (SSSR count). The number of aryl methyl sites for hydroxylation is 1. The predicted molar refractivity (Wildman–Crippen MR) is 133 cm³/mol. The van der Waals surface area contributed by atoms with Gasteiger partial charge in [-0.2, -0.15) is 4.39 Å². The number of ether oxygens (including phenoxy) is 1. The first-order valence-electron chi connectivity index (χ1n) is 13.1. The Morgan fingerprint density at radius 3 is 1.82 bits per heavy atom. The minimum absolute atomic E-state index is 0.0437. The zero-order valence-corrected chi connectivity index (χ0v) is 20.7. The van der Waals surface area contributed by atoms with Gasteiger partial charge in [-0.25, -0.2) is 14.4 Å². The number of aromatic nitrogens is 2. The summed E-state index contributed by atoms with van der Waals surface area (Å²) in [6.45, 7) is 4.82. The molecule has 0 amide bonds. The molecule has 0 spiro atoms. The summed E-state index contributed by atoms with van der Waals surface area (Å²) in [5, 5.41) is 0. The molecular formula is C28H42F2N2O. The summed E-state index contributed by atoms with van der Waals surface area (Å²) in [5.41, 5.74) is 1.10. The van der Waals surface area contributed by atoms with Crippen molar-refractivity contribution in [2.24, 2.45) is 0 Å². The van der Waals surface area contributed by atoms with Crippen molar-refractivity contribution in [3.8, 4) is 17.1 Å². The van der Waals surface area contributed by atoms with Crippen LogP contribution in [0.3, 0.4) is 0 Å². The van der Waals surface area contributed by atoms with Crippen LogP contribution in [-0.4, -0.2) is 16.6 Å². The van der Waals surface area contributed by atoms with Gasteiger partial charge in [-0.1, -0.05) is 90.9 Å². The Kier molecular flexibility index (Phi) is 13.6. The first-order valence-corrected chi connectivity index (χ1v) is 13.1. The lowest BCUT2D eigenvalue weighted by atomic mass is 10.1. The lowest BCUT2D eigenvalue weighted by Crippen LogP contribution is -2.03. The maximum atomic E-state index is 14.6. The van der Waals surface area contributed by atoms with E-state index in [0.717, 1.165) is 37.7 Å². The lowest BCUT2D eigenvalue weighted by molar-refractivity contribution is 0.285. The molecule has 0 N–H and O–H groups in total. The molecule has 0 aliphatic carbocycles. The second-order valence-corrected chi connectivity index (χ2v) is 9.00. The van der Waals surface area contributed by atoms with E-state index in [-0.39, 0.29) is 17.1 Å². The van der Waals surface area contributed by atoms with Crippen molar-refractivity contribution in [2.75, 3.05) is 6.61 Å². The SMILES string of the molecule is CCCCCCCCCOc1ccc(-c2ncc(CCCCCCCCC)cn2)c(F)c1F. The Bertz CT molecular complexity index is 780. The topological polar surface area (TPSA) is 35.0 Å². The van der Waals surface area contributed by atoms with Gasteiger partial charge in [0.25, 0.3) is 0 Å². The van der Waals surface area contributed by atoms with Crippen LogP contribution in [0.2, 0.25) is 0 Å². The Morgan fingerprint density at radius 1 is 0.667 bits per heavy atom. The van der Waals surface area contributed by atoms with Gasteiger partial charge in [-0.15, -0.1) is 0 Å². The number of unbranched alkanes of at least 4 members (excludes halogenated alkanes) is 12. The molecule has 33 heavy (non-hydrogen) atoms. The molecule has 0 saturated heterocycles. The van der Waals surface area contributed by atoms with Gasteiger partial charge in [0.15, 0.2) is 17.4 Å². The van der Waals surface area contributed by atoms with Gasteiger partial charge in [0.1, 0.15) is 0 Å². The smallest absolute Gasteiger partial charge is 0.201 e. The molecule has 0 bridgehead atoms. The molecule has 2 aromatic rings. The summed E-state index contributed by atoms with van der Waals surface area (Å²) in [6, 6.07) is 2.98. The molecule has 1 heterocycles. The summed E-state index contributed by atoms with van der Waals surface area (Å²) >= 11 is 0. The van der Waals surface area contributed by atoms with Gasteiger partial charge < -0.3 is 4.74 Å². The van der Waals surface area contributed by atoms with Crippen molar-refractivity contribution < 1.29 is 13.5 Å². The van der Waals surface area contributed by atoms with Crippen molar-refractivity contribution in [3.05, 3.63) is 41.7 Å². The van der Waals surface area contributed by atoms with E-state index in [1.165, 1.54) is 76.3 Å². The molecule has 0 saturated carbocycles. The molecule has 1 aromatic heterocycles. The van der Waals surface area contributed by atoms with E-state index >= 15 is 0 Å². The van der Waals surface area contributed by atoms with Crippen molar-refractivity contribution in [3.63, 3.8) is 0 Å². The molecular weight excluding hydrogens is 418 g/mol. The van der Waals surface area contributed by atoms with Gasteiger partial charge >= 0.3 is 0 Å². The Hall–Kier alpha value is -2.04. The second-order valence-electron chi connectivity index (χ2n) is 9.00. The standard InChI is InChI=1S/C28H42F2N2O/c1-3-5-7-9-11-13-15-17-23-21-31-28(32-22-23)24-18-19-25(27(30)26(24)29)33-20-16-14-12-10-8-6-4-2/h18-19,21-22H,3-17,20H2,1-2H3. The fourth-order valence-electron chi connectivity index (χ4n) is 3.97. The third kappa shape index (κ3) is 10.2. The molecule has 0 atom stereocenters. The van der Waals surface area contributed by atoms with Crippen molar-refractivity contribution >= 4 is 0 Å².